The zero-order valence-corrected chi connectivity index (χ0v) is 25.3. The van der Waals surface area contributed by atoms with E-state index in [9.17, 15) is 4.79 Å². The van der Waals surface area contributed by atoms with E-state index in [0.717, 1.165) is 66.6 Å². The molecule has 0 radical (unpaired) electrons. The summed E-state index contributed by atoms with van der Waals surface area (Å²) in [5.74, 6) is 1.66. The second kappa shape index (κ2) is 14.1. The van der Waals surface area contributed by atoms with Gasteiger partial charge in [-0.05, 0) is 59.1 Å². The summed E-state index contributed by atoms with van der Waals surface area (Å²) in [5, 5.41) is 6.61. The molecule has 2 aliphatic heterocycles. The quantitative estimate of drug-likeness (QED) is 0.486. The monoisotopic (exact) mass is 523 g/mol. The number of carbonyl (C=O) groups excluding carboxylic acids is 1. The lowest BCUT2D eigenvalue weighted by Gasteiger charge is -2.41. The highest BCUT2D eigenvalue weighted by Gasteiger charge is 2.32. The molecule has 8 heteroatoms. The topological polar surface area (TPSA) is 78.3 Å². The summed E-state index contributed by atoms with van der Waals surface area (Å²) in [4.78, 5) is 26.6. The van der Waals surface area contributed by atoms with E-state index in [1.807, 2.05) is 64.7 Å². The molecule has 2 N–H and O–H groups in total. The molecule has 0 atom stereocenters. The SMILES string of the molecule is CC.CC.CC/C=C(\C)c1nc(C)cn1/C=C(\C)NC(=O)N1CCc2c(N3CCNC(C)(C)C3)ccnc21. The van der Waals surface area contributed by atoms with Gasteiger partial charge in [-0.15, -0.1) is 0 Å². The molecule has 0 unspecified atom stereocenters. The van der Waals surface area contributed by atoms with Gasteiger partial charge in [0.2, 0.25) is 0 Å². The van der Waals surface area contributed by atoms with Crippen LogP contribution >= 0.6 is 0 Å². The Kier molecular flexibility index (Phi) is 11.6. The maximum atomic E-state index is 13.2. The van der Waals surface area contributed by atoms with Crippen molar-refractivity contribution < 1.29 is 4.79 Å². The molecule has 2 amide bonds. The number of aryl methyl sites for hydroxylation is 1. The normalized spacial score (nSPS) is 16.7. The van der Waals surface area contributed by atoms with Crippen molar-refractivity contribution in [2.24, 2.45) is 0 Å². The Bertz CT molecular complexity index is 1130. The molecule has 0 saturated carbocycles. The van der Waals surface area contributed by atoms with Crippen LogP contribution in [0.3, 0.4) is 0 Å². The first kappa shape index (κ1) is 31.1. The number of urea groups is 1. The summed E-state index contributed by atoms with van der Waals surface area (Å²) >= 11 is 0. The fraction of sp³-hybridized carbons (Fsp3) is 0.567. The number of amides is 2. The van der Waals surface area contributed by atoms with Crippen molar-refractivity contribution in [2.75, 3.05) is 36.0 Å². The Balaban J connectivity index is 0.00000121. The van der Waals surface area contributed by atoms with E-state index in [0.29, 0.717) is 6.54 Å². The summed E-state index contributed by atoms with van der Waals surface area (Å²) in [6.45, 7) is 24.0. The molecule has 2 aromatic heterocycles. The van der Waals surface area contributed by atoms with Crippen LogP contribution in [-0.2, 0) is 6.42 Å². The molecule has 4 heterocycles. The van der Waals surface area contributed by atoms with Crippen LogP contribution < -0.4 is 20.4 Å². The van der Waals surface area contributed by atoms with Gasteiger partial charge in [-0.1, -0.05) is 40.7 Å². The highest BCUT2D eigenvalue weighted by Crippen LogP contribution is 2.35. The predicted octanol–water partition coefficient (Wildman–Crippen LogP) is 6.23. The zero-order valence-electron chi connectivity index (χ0n) is 25.3. The summed E-state index contributed by atoms with van der Waals surface area (Å²) < 4.78 is 1.98. The van der Waals surface area contributed by atoms with Crippen molar-refractivity contribution in [1.29, 1.82) is 0 Å². The average Bonchev–Trinajstić information content (AvgIpc) is 3.49. The molecular formula is C30H49N7O. The summed E-state index contributed by atoms with van der Waals surface area (Å²) in [7, 11) is 0. The molecule has 2 aliphatic rings. The van der Waals surface area contributed by atoms with E-state index < -0.39 is 0 Å². The highest BCUT2D eigenvalue weighted by atomic mass is 16.2. The second-order valence-electron chi connectivity index (χ2n) is 9.92. The Labute approximate surface area is 230 Å². The smallest absolute Gasteiger partial charge is 0.327 e. The van der Waals surface area contributed by atoms with Crippen LogP contribution in [0.4, 0.5) is 16.3 Å². The minimum absolute atomic E-state index is 0.0567. The number of hydrogen-bond acceptors (Lipinski definition) is 5. The molecule has 1 fully saturated rings. The van der Waals surface area contributed by atoms with Crippen LogP contribution in [-0.4, -0.2) is 52.3 Å². The lowest BCUT2D eigenvalue weighted by atomic mass is 10.0. The molecule has 4 rings (SSSR count). The van der Waals surface area contributed by atoms with Crippen molar-refractivity contribution in [3.8, 4) is 0 Å². The van der Waals surface area contributed by atoms with Gasteiger partial charge in [0.1, 0.15) is 11.6 Å². The molecule has 0 aliphatic carbocycles. The van der Waals surface area contributed by atoms with Gasteiger partial charge in [-0.2, -0.15) is 0 Å². The van der Waals surface area contributed by atoms with Crippen LogP contribution in [0.5, 0.6) is 0 Å². The van der Waals surface area contributed by atoms with Crippen molar-refractivity contribution in [1.82, 2.24) is 25.2 Å². The van der Waals surface area contributed by atoms with Gasteiger partial charge in [0.05, 0.1) is 5.69 Å². The number of pyridine rings is 1. The number of piperazine rings is 1. The minimum atomic E-state index is -0.156. The number of nitrogens with zero attached hydrogens (tertiary/aromatic N) is 5. The Hall–Kier alpha value is -3.13. The first-order chi connectivity index (χ1) is 18.2. The number of fused-ring (bicyclic) bond motifs is 1. The van der Waals surface area contributed by atoms with Crippen LogP contribution in [0.1, 0.15) is 85.8 Å². The third-order valence-electron chi connectivity index (χ3n) is 6.36. The fourth-order valence-corrected chi connectivity index (χ4v) is 4.90. The molecule has 2 aromatic rings. The van der Waals surface area contributed by atoms with E-state index in [2.05, 4.69) is 65.3 Å². The maximum Gasteiger partial charge on any atom is 0.327 e. The van der Waals surface area contributed by atoms with Crippen molar-refractivity contribution >= 4 is 29.3 Å². The van der Waals surface area contributed by atoms with Crippen LogP contribution in [0.2, 0.25) is 0 Å². The summed E-state index contributed by atoms with van der Waals surface area (Å²) in [6, 6.07) is 1.93. The third kappa shape index (κ3) is 7.47. The maximum absolute atomic E-state index is 13.2. The number of aromatic nitrogens is 3. The molecule has 0 aromatic carbocycles. The molecular weight excluding hydrogens is 474 g/mol. The third-order valence-corrected chi connectivity index (χ3v) is 6.36. The number of anilines is 2. The van der Waals surface area contributed by atoms with Gasteiger partial charge >= 0.3 is 6.03 Å². The van der Waals surface area contributed by atoms with Crippen LogP contribution in [0, 0.1) is 6.92 Å². The van der Waals surface area contributed by atoms with E-state index in [4.69, 9.17) is 0 Å². The Morgan fingerprint density at radius 1 is 1.18 bits per heavy atom. The average molecular weight is 524 g/mol. The molecule has 1 saturated heterocycles. The predicted molar refractivity (Wildman–Crippen MR) is 162 cm³/mol. The number of nitrogens with one attached hydrogen (secondary N) is 2. The minimum Gasteiger partial charge on any atom is -0.368 e. The Morgan fingerprint density at radius 3 is 2.55 bits per heavy atom. The van der Waals surface area contributed by atoms with Gasteiger partial charge in [0.15, 0.2) is 0 Å². The largest absolute Gasteiger partial charge is 0.368 e. The van der Waals surface area contributed by atoms with Crippen LogP contribution in [0.25, 0.3) is 11.8 Å². The van der Waals surface area contributed by atoms with Gasteiger partial charge in [0, 0.05) is 67.3 Å². The van der Waals surface area contributed by atoms with Crippen molar-refractivity contribution in [3.63, 3.8) is 0 Å². The fourth-order valence-electron chi connectivity index (χ4n) is 4.90. The second-order valence-corrected chi connectivity index (χ2v) is 9.92. The van der Waals surface area contributed by atoms with Gasteiger partial charge in [0.25, 0.3) is 0 Å². The van der Waals surface area contributed by atoms with Crippen molar-refractivity contribution in [3.05, 3.63) is 47.3 Å². The summed E-state index contributed by atoms with van der Waals surface area (Å²) in [5.41, 5.74) is 5.22. The lowest BCUT2D eigenvalue weighted by Crippen LogP contribution is -2.57. The standard InChI is InChI=1S/C26H37N7O.2C2H6/c1-7-8-18(2)23-29-19(3)15-32(23)16-20(4)30-25(34)33-13-10-21-22(9-11-27-24(21)33)31-14-12-28-26(5,6)17-31;2*1-2/h8-9,11,15-16,28H,7,10,12-14,17H2,1-6H3,(H,30,34);2*1-2H3/b18-8+,20-16+;;. The Morgan fingerprint density at radius 2 is 1.89 bits per heavy atom. The number of imidazole rings is 1. The number of allylic oxidation sites excluding steroid dienone is 3. The first-order valence-electron chi connectivity index (χ1n) is 14.2. The lowest BCUT2D eigenvalue weighted by molar-refractivity contribution is 0.249. The van der Waals surface area contributed by atoms with Gasteiger partial charge in [-0.25, -0.2) is 14.8 Å². The van der Waals surface area contributed by atoms with Gasteiger partial charge < -0.3 is 20.1 Å². The van der Waals surface area contributed by atoms with Gasteiger partial charge in [-0.3, -0.25) is 4.90 Å². The van der Waals surface area contributed by atoms with E-state index in [-0.39, 0.29) is 11.6 Å². The van der Waals surface area contributed by atoms with E-state index in [1.165, 1.54) is 5.69 Å². The molecule has 8 nitrogen and oxygen atoms in total. The molecule has 0 bridgehead atoms. The zero-order chi connectivity index (χ0) is 28.5. The number of carbonyl (C=O) groups is 1. The molecule has 38 heavy (non-hydrogen) atoms. The molecule has 210 valence electrons. The van der Waals surface area contributed by atoms with E-state index in [1.54, 1.807) is 4.90 Å². The first-order valence-corrected chi connectivity index (χ1v) is 14.2. The summed E-state index contributed by atoms with van der Waals surface area (Å²) in [6.07, 6.45) is 9.64. The van der Waals surface area contributed by atoms with Crippen LogP contribution in [0.15, 0.2) is 30.2 Å². The highest BCUT2D eigenvalue weighted by molar-refractivity contribution is 5.95. The molecule has 0 spiro atoms. The van der Waals surface area contributed by atoms with E-state index >= 15 is 0 Å². The number of rotatable bonds is 5. The number of hydrogen-bond donors (Lipinski definition) is 2. The van der Waals surface area contributed by atoms with Crippen molar-refractivity contribution in [2.45, 2.75) is 87.6 Å².